The van der Waals surface area contributed by atoms with E-state index in [0.717, 1.165) is 0 Å². The van der Waals surface area contributed by atoms with Crippen LogP contribution in [0.25, 0.3) is 0 Å². The predicted molar refractivity (Wildman–Crippen MR) is 10.8 cm³/mol. The Kier molecular flexibility index (Phi) is 36.7. The molecule has 0 saturated heterocycles. The largest absolute Gasteiger partial charge is 3.00 e. The van der Waals surface area contributed by atoms with Gasteiger partial charge in [-0.15, -0.1) is 0 Å². The maximum atomic E-state index is 8.33. The Labute approximate surface area is 109 Å². The summed E-state index contributed by atoms with van der Waals surface area (Å²) in [5.41, 5.74) is 0. The number of carboxylic acid groups (broad SMARTS) is 4. The van der Waals surface area contributed by atoms with Crippen LogP contribution < -0.4 is 71.8 Å². The second-order valence-electron chi connectivity index (χ2n) is 0.500. The third kappa shape index (κ3) is 1030. The fourth-order valence-corrected chi connectivity index (χ4v) is 0. The van der Waals surface area contributed by atoms with Gasteiger partial charge in [-0.1, -0.05) is 0 Å². The van der Waals surface area contributed by atoms with E-state index < -0.39 is 12.3 Å². The van der Waals surface area contributed by atoms with E-state index >= 15 is 0 Å². The molecule has 0 aromatic rings. The number of hydrogen-bond acceptors (Lipinski definition) is 6. The molecule has 0 aromatic heterocycles. The molecule has 0 aromatic carbocycles. The smallest absolute Gasteiger partial charge is 0.652 e. The summed E-state index contributed by atoms with van der Waals surface area (Å²) in [5.74, 6) is 0. The van der Waals surface area contributed by atoms with Gasteiger partial charge in [-0.05, 0) is 12.3 Å². The van der Waals surface area contributed by atoms with Gasteiger partial charge in [0, 0.05) is 0 Å². The predicted octanol–water partition coefficient (Wildman–Crippen LogP) is -7.89. The molecule has 0 aliphatic rings. The van der Waals surface area contributed by atoms with Crippen LogP contribution in [-0.2, 0) is 17.4 Å². The summed E-state index contributed by atoms with van der Waals surface area (Å²) in [5, 5.41) is 33.3. The van der Waals surface area contributed by atoms with Crippen LogP contribution >= 0.6 is 0 Å². The van der Waals surface area contributed by atoms with Gasteiger partial charge in [0.2, 0.25) is 0 Å². The molecule has 10 heavy (non-hydrogen) atoms. The van der Waals surface area contributed by atoms with E-state index in [2.05, 4.69) is 0 Å². The molecule has 0 unspecified atom stereocenters. The van der Waals surface area contributed by atoms with E-state index in [1.54, 1.807) is 0 Å². The number of carbonyl (C=O) groups excluding carboxylic acids is 2. The molecule has 0 saturated carbocycles. The van der Waals surface area contributed by atoms with Gasteiger partial charge in [-0.2, -0.15) is 0 Å². The van der Waals surface area contributed by atoms with Crippen LogP contribution in [0.5, 0.6) is 0 Å². The normalized spacial score (nSPS) is 4.80. The summed E-state index contributed by atoms with van der Waals surface area (Å²) in [7, 11) is 0. The Morgan fingerprint density at radius 2 is 0.800 bits per heavy atom. The summed E-state index contributed by atoms with van der Waals surface area (Å²) in [4.78, 5) is 16.7. The summed E-state index contributed by atoms with van der Waals surface area (Å²) in [6, 6.07) is 0. The Morgan fingerprint density at radius 1 is 0.800 bits per heavy atom. The SMILES string of the molecule is O=C([O-])[O-].O=C([O-])[O-].[Cr+3].[K+]. The van der Waals surface area contributed by atoms with Crippen LogP contribution in [0.4, 0.5) is 9.59 Å². The second kappa shape index (κ2) is 16.4. The first kappa shape index (κ1) is 22.4. The maximum Gasteiger partial charge on any atom is 3.00 e. The van der Waals surface area contributed by atoms with Crippen LogP contribution in [0.2, 0.25) is 0 Å². The Bertz CT molecular complexity index is 73.7. The Hall–Kier alpha value is 0.709. The minimum atomic E-state index is -2.33. The molecular weight excluding hydrogens is 211 g/mol. The Morgan fingerprint density at radius 3 is 0.800 bits per heavy atom. The fourth-order valence-electron chi connectivity index (χ4n) is 0. The Balaban J connectivity index is -0.0000000300. The molecular formula is C2CrKO6. The molecule has 0 spiro atoms. The first-order valence-corrected chi connectivity index (χ1v) is 1.22. The minimum Gasteiger partial charge on any atom is -0.652 e. The summed E-state index contributed by atoms with van der Waals surface area (Å²) in [6.07, 6.45) is -4.67. The van der Waals surface area contributed by atoms with Gasteiger partial charge in [-0.3, -0.25) is 0 Å². The van der Waals surface area contributed by atoms with Crippen molar-refractivity contribution in [1.82, 2.24) is 0 Å². The van der Waals surface area contributed by atoms with Crippen molar-refractivity contribution in [1.29, 1.82) is 0 Å². The van der Waals surface area contributed by atoms with E-state index in [-0.39, 0.29) is 68.7 Å². The molecule has 6 nitrogen and oxygen atoms in total. The van der Waals surface area contributed by atoms with Gasteiger partial charge in [-0.25, -0.2) is 0 Å². The third-order valence-corrected chi connectivity index (χ3v) is 0. The van der Waals surface area contributed by atoms with E-state index in [0.29, 0.717) is 0 Å². The van der Waals surface area contributed by atoms with Crippen molar-refractivity contribution in [2.24, 2.45) is 0 Å². The van der Waals surface area contributed by atoms with Gasteiger partial charge < -0.3 is 30.0 Å². The third-order valence-electron chi connectivity index (χ3n) is 0. The van der Waals surface area contributed by atoms with Crippen molar-refractivity contribution in [2.75, 3.05) is 0 Å². The molecule has 0 fully saturated rings. The van der Waals surface area contributed by atoms with Crippen molar-refractivity contribution in [3.05, 3.63) is 0 Å². The topological polar surface area (TPSA) is 126 Å². The van der Waals surface area contributed by atoms with Gasteiger partial charge in [0.25, 0.3) is 0 Å². The van der Waals surface area contributed by atoms with Gasteiger partial charge >= 0.3 is 68.7 Å². The number of carbonyl (C=O) groups is 2. The van der Waals surface area contributed by atoms with Crippen LogP contribution in [0.15, 0.2) is 0 Å². The van der Waals surface area contributed by atoms with Crippen molar-refractivity contribution < 1.29 is 98.8 Å². The first-order valence-electron chi connectivity index (χ1n) is 1.22. The summed E-state index contributed by atoms with van der Waals surface area (Å²) >= 11 is 0. The molecule has 0 aliphatic heterocycles. The number of rotatable bonds is 0. The molecule has 1 radical (unpaired) electrons. The molecule has 0 atom stereocenters. The van der Waals surface area contributed by atoms with Crippen LogP contribution in [0.3, 0.4) is 0 Å². The average Bonchev–Trinajstić information content (AvgIpc) is 1.25. The van der Waals surface area contributed by atoms with Crippen LogP contribution in [0.1, 0.15) is 0 Å². The van der Waals surface area contributed by atoms with Gasteiger partial charge in [0.1, 0.15) is 0 Å². The molecule has 51 valence electrons. The van der Waals surface area contributed by atoms with E-state index in [9.17, 15) is 0 Å². The first-order chi connectivity index (χ1) is 3.46. The van der Waals surface area contributed by atoms with Gasteiger partial charge in [0.15, 0.2) is 0 Å². The van der Waals surface area contributed by atoms with E-state index in [1.165, 1.54) is 0 Å². The van der Waals surface area contributed by atoms with E-state index in [4.69, 9.17) is 30.0 Å². The monoisotopic (exact) mass is 211 g/mol. The molecule has 0 aliphatic carbocycles. The minimum absolute atomic E-state index is 0. The number of hydrogen-bond donors (Lipinski definition) is 0. The molecule has 0 heterocycles. The molecule has 0 bridgehead atoms. The van der Waals surface area contributed by atoms with Crippen LogP contribution in [-0.4, -0.2) is 12.3 Å². The quantitative estimate of drug-likeness (QED) is 0.366. The van der Waals surface area contributed by atoms with Gasteiger partial charge in [0.05, 0.1) is 0 Å². The van der Waals surface area contributed by atoms with Crippen molar-refractivity contribution in [2.45, 2.75) is 0 Å². The zero-order chi connectivity index (χ0) is 7.15. The van der Waals surface area contributed by atoms with Crippen molar-refractivity contribution in [3.63, 3.8) is 0 Å². The second-order valence-corrected chi connectivity index (χ2v) is 0.500. The zero-order valence-electron chi connectivity index (χ0n) is 4.86. The molecule has 0 amide bonds. The molecule has 0 N–H and O–H groups in total. The fraction of sp³-hybridized carbons (Fsp3) is 0. The average molecular weight is 211 g/mol. The standard InChI is InChI=1S/2CH2O3.Cr.K/c2*2-1(3)4;;/h2*(H2,2,3,4);;/q;;+3;+1/p-4. The summed E-state index contributed by atoms with van der Waals surface area (Å²) in [6.45, 7) is 0. The van der Waals surface area contributed by atoms with E-state index in [1.807, 2.05) is 0 Å². The molecule has 0 rings (SSSR count). The van der Waals surface area contributed by atoms with Crippen molar-refractivity contribution in [3.8, 4) is 0 Å². The molecule has 8 heteroatoms. The van der Waals surface area contributed by atoms with Crippen LogP contribution in [0, 0.1) is 0 Å². The van der Waals surface area contributed by atoms with Crippen molar-refractivity contribution >= 4 is 12.3 Å². The summed E-state index contributed by atoms with van der Waals surface area (Å²) < 4.78 is 0. The maximum absolute atomic E-state index is 8.33. The zero-order valence-corrected chi connectivity index (χ0v) is 9.26.